The second kappa shape index (κ2) is 5.16. The van der Waals surface area contributed by atoms with Gasteiger partial charge in [0.2, 0.25) is 5.95 Å². The molecule has 0 radical (unpaired) electrons. The Hall–Kier alpha value is -2.30. The van der Waals surface area contributed by atoms with Crippen molar-refractivity contribution in [2.24, 2.45) is 0 Å². The van der Waals surface area contributed by atoms with Gasteiger partial charge in [-0.25, -0.2) is 4.98 Å². The first kappa shape index (κ1) is 11.2. The maximum absolute atomic E-state index is 12.8. The van der Waals surface area contributed by atoms with Crippen LogP contribution in [0.15, 0.2) is 42.7 Å². The van der Waals surface area contributed by atoms with Crippen molar-refractivity contribution in [3.8, 4) is 0 Å². The molecule has 0 atom stereocenters. The van der Waals surface area contributed by atoms with Crippen LogP contribution in [-0.2, 0) is 6.54 Å². The van der Waals surface area contributed by atoms with E-state index in [1.165, 1.54) is 18.2 Å². The van der Waals surface area contributed by atoms with Gasteiger partial charge in [0, 0.05) is 18.9 Å². The number of pyridine rings is 2. The molecule has 0 aliphatic rings. The normalized spacial score (nSPS) is 9.94. The number of hydrogen-bond acceptors (Lipinski definition) is 3. The smallest absolute Gasteiger partial charge is 0.270 e. The molecule has 86 valence electrons. The first-order valence-corrected chi connectivity index (χ1v) is 5.05. The highest BCUT2D eigenvalue weighted by Crippen LogP contribution is 1.99. The molecule has 0 fully saturated rings. The highest BCUT2D eigenvalue weighted by molar-refractivity contribution is 5.92. The Balaban J connectivity index is 1.98. The number of nitrogens with one attached hydrogen (secondary N) is 1. The molecular formula is C12H10FN3O. The molecule has 2 heterocycles. The molecule has 4 nitrogen and oxygen atoms in total. The van der Waals surface area contributed by atoms with Crippen LogP contribution in [0, 0.1) is 5.95 Å². The van der Waals surface area contributed by atoms with Crippen LogP contribution in [0.1, 0.15) is 16.1 Å². The number of amides is 1. The van der Waals surface area contributed by atoms with Crippen molar-refractivity contribution < 1.29 is 9.18 Å². The summed E-state index contributed by atoms with van der Waals surface area (Å²) in [6, 6.07) is 7.72. The fourth-order valence-electron chi connectivity index (χ4n) is 1.31. The van der Waals surface area contributed by atoms with Gasteiger partial charge in [0.25, 0.3) is 5.91 Å². The number of hydrogen-bond donors (Lipinski definition) is 1. The zero-order valence-corrected chi connectivity index (χ0v) is 8.93. The van der Waals surface area contributed by atoms with Crippen molar-refractivity contribution in [1.82, 2.24) is 15.3 Å². The van der Waals surface area contributed by atoms with Crippen molar-refractivity contribution in [3.05, 3.63) is 59.9 Å². The lowest BCUT2D eigenvalue weighted by molar-refractivity contribution is 0.0944. The number of rotatable bonds is 3. The minimum Gasteiger partial charge on any atom is -0.347 e. The van der Waals surface area contributed by atoms with Crippen LogP contribution in [0.2, 0.25) is 0 Å². The molecule has 0 aliphatic heterocycles. The minimum absolute atomic E-state index is 0.0638. The third-order valence-corrected chi connectivity index (χ3v) is 2.12. The average molecular weight is 231 g/mol. The number of halogens is 1. The van der Waals surface area contributed by atoms with Crippen LogP contribution in [0.4, 0.5) is 4.39 Å². The van der Waals surface area contributed by atoms with E-state index in [9.17, 15) is 9.18 Å². The average Bonchev–Trinajstić information content (AvgIpc) is 2.37. The Bertz CT molecular complexity index is 516. The second-order valence-electron chi connectivity index (χ2n) is 3.39. The van der Waals surface area contributed by atoms with Gasteiger partial charge < -0.3 is 5.32 Å². The molecule has 2 aromatic rings. The lowest BCUT2D eigenvalue weighted by Gasteiger charge is -2.04. The molecule has 0 aromatic carbocycles. The van der Waals surface area contributed by atoms with Gasteiger partial charge in [-0.2, -0.15) is 4.39 Å². The Morgan fingerprint density at radius 3 is 2.88 bits per heavy atom. The number of carbonyl (C=O) groups excluding carboxylic acids is 1. The maximum Gasteiger partial charge on any atom is 0.270 e. The summed E-state index contributed by atoms with van der Waals surface area (Å²) in [6.45, 7) is 0.338. The summed E-state index contributed by atoms with van der Waals surface area (Å²) in [7, 11) is 0. The summed E-state index contributed by atoms with van der Waals surface area (Å²) >= 11 is 0. The molecule has 1 N–H and O–H groups in total. The number of carbonyl (C=O) groups is 1. The largest absolute Gasteiger partial charge is 0.347 e. The van der Waals surface area contributed by atoms with E-state index in [2.05, 4.69) is 15.3 Å². The molecule has 0 saturated carbocycles. The van der Waals surface area contributed by atoms with E-state index in [0.717, 1.165) is 5.56 Å². The molecule has 0 spiro atoms. The summed E-state index contributed by atoms with van der Waals surface area (Å²) in [6.07, 6.45) is 3.30. The van der Waals surface area contributed by atoms with E-state index in [0.29, 0.717) is 6.54 Å². The highest BCUT2D eigenvalue weighted by Gasteiger charge is 2.07. The molecule has 0 bridgehead atoms. The van der Waals surface area contributed by atoms with Crippen molar-refractivity contribution in [3.63, 3.8) is 0 Å². The van der Waals surface area contributed by atoms with Gasteiger partial charge in [0.1, 0.15) is 5.69 Å². The van der Waals surface area contributed by atoms with Gasteiger partial charge >= 0.3 is 0 Å². The Morgan fingerprint density at radius 2 is 2.18 bits per heavy atom. The van der Waals surface area contributed by atoms with E-state index in [1.807, 2.05) is 6.07 Å². The van der Waals surface area contributed by atoms with E-state index < -0.39 is 11.9 Å². The van der Waals surface area contributed by atoms with Crippen LogP contribution >= 0.6 is 0 Å². The van der Waals surface area contributed by atoms with Gasteiger partial charge in [0.05, 0.1) is 0 Å². The predicted molar refractivity (Wildman–Crippen MR) is 59.6 cm³/mol. The summed E-state index contributed by atoms with van der Waals surface area (Å²) in [5.41, 5.74) is 0.936. The molecule has 0 unspecified atom stereocenters. The first-order valence-electron chi connectivity index (χ1n) is 5.05. The minimum atomic E-state index is -0.668. The third kappa shape index (κ3) is 3.07. The molecule has 0 aliphatic carbocycles. The predicted octanol–water partition coefficient (Wildman–Crippen LogP) is 1.55. The van der Waals surface area contributed by atoms with E-state index in [-0.39, 0.29) is 5.69 Å². The molecule has 17 heavy (non-hydrogen) atoms. The van der Waals surface area contributed by atoms with E-state index in [4.69, 9.17) is 0 Å². The zero-order chi connectivity index (χ0) is 12.1. The summed E-state index contributed by atoms with van der Waals surface area (Å²) in [5, 5.41) is 2.63. The summed E-state index contributed by atoms with van der Waals surface area (Å²) < 4.78 is 12.8. The molecule has 0 saturated heterocycles. The molecular weight excluding hydrogens is 221 g/mol. The van der Waals surface area contributed by atoms with Gasteiger partial charge in [-0.05, 0) is 23.8 Å². The van der Waals surface area contributed by atoms with Crippen molar-refractivity contribution >= 4 is 5.91 Å². The lowest BCUT2D eigenvalue weighted by Crippen LogP contribution is -2.24. The van der Waals surface area contributed by atoms with Gasteiger partial charge in [0.15, 0.2) is 0 Å². The van der Waals surface area contributed by atoms with Crippen molar-refractivity contribution in [2.45, 2.75) is 6.54 Å². The number of aromatic nitrogens is 2. The van der Waals surface area contributed by atoms with Gasteiger partial charge in [-0.1, -0.05) is 12.1 Å². The van der Waals surface area contributed by atoms with E-state index >= 15 is 0 Å². The standard InChI is InChI=1S/C12H10FN3O/c13-11-5-1-4-10(16-11)12(17)15-8-9-3-2-6-14-7-9/h1-7H,8H2,(H,15,17). The molecule has 2 aromatic heterocycles. The first-order chi connectivity index (χ1) is 8.25. The van der Waals surface area contributed by atoms with Crippen molar-refractivity contribution in [1.29, 1.82) is 0 Å². The Labute approximate surface area is 97.5 Å². The van der Waals surface area contributed by atoms with Crippen LogP contribution < -0.4 is 5.32 Å². The molecule has 5 heteroatoms. The van der Waals surface area contributed by atoms with E-state index in [1.54, 1.807) is 18.5 Å². The van der Waals surface area contributed by atoms with Crippen molar-refractivity contribution in [2.75, 3.05) is 0 Å². The number of nitrogens with zero attached hydrogens (tertiary/aromatic N) is 2. The fraction of sp³-hybridized carbons (Fsp3) is 0.0833. The van der Waals surface area contributed by atoms with Crippen LogP contribution in [0.25, 0.3) is 0 Å². The van der Waals surface area contributed by atoms with Gasteiger partial charge in [-0.3, -0.25) is 9.78 Å². The van der Waals surface area contributed by atoms with Gasteiger partial charge in [-0.15, -0.1) is 0 Å². The van der Waals surface area contributed by atoms with Crippen LogP contribution in [0.3, 0.4) is 0 Å². The highest BCUT2D eigenvalue weighted by atomic mass is 19.1. The summed E-state index contributed by atoms with van der Waals surface area (Å²) in [5.74, 6) is -1.08. The quantitative estimate of drug-likeness (QED) is 0.815. The summed E-state index contributed by atoms with van der Waals surface area (Å²) in [4.78, 5) is 19.0. The molecule has 1 amide bonds. The SMILES string of the molecule is O=C(NCc1cccnc1)c1cccc(F)n1. The Morgan fingerprint density at radius 1 is 1.29 bits per heavy atom. The monoisotopic (exact) mass is 231 g/mol. The van der Waals surface area contributed by atoms with Crippen LogP contribution in [0.5, 0.6) is 0 Å². The molecule has 2 rings (SSSR count). The second-order valence-corrected chi connectivity index (χ2v) is 3.39. The topological polar surface area (TPSA) is 54.9 Å². The Kier molecular flexibility index (Phi) is 3.40. The zero-order valence-electron chi connectivity index (χ0n) is 8.93. The maximum atomic E-state index is 12.8. The fourth-order valence-corrected chi connectivity index (χ4v) is 1.31. The van der Waals surface area contributed by atoms with Crippen LogP contribution in [-0.4, -0.2) is 15.9 Å². The third-order valence-electron chi connectivity index (χ3n) is 2.12. The lowest BCUT2D eigenvalue weighted by atomic mass is 10.2.